The van der Waals surface area contributed by atoms with Crippen molar-refractivity contribution >= 4 is 11.8 Å². The van der Waals surface area contributed by atoms with Gasteiger partial charge in [0.2, 0.25) is 0 Å². The normalized spacial score (nSPS) is 10.3. The molecule has 8 heteroatoms. The smallest absolute Gasteiger partial charge is 0.305 e. The van der Waals surface area contributed by atoms with Crippen molar-refractivity contribution in [2.75, 3.05) is 0 Å². The second-order valence-corrected chi connectivity index (χ2v) is 4.90. The van der Waals surface area contributed by atoms with Crippen molar-refractivity contribution in [1.82, 2.24) is 15.8 Å². The van der Waals surface area contributed by atoms with Crippen molar-refractivity contribution < 1.29 is 22.8 Å². The molecule has 0 aliphatic carbocycles. The van der Waals surface area contributed by atoms with E-state index in [1.54, 1.807) is 0 Å². The molecule has 0 spiro atoms. The van der Waals surface area contributed by atoms with Crippen molar-refractivity contribution in [2.24, 2.45) is 0 Å². The van der Waals surface area contributed by atoms with Crippen molar-refractivity contribution in [2.45, 2.75) is 0 Å². The minimum absolute atomic E-state index is 0.138. The highest BCUT2D eigenvalue weighted by Gasteiger charge is 2.18. The molecule has 0 saturated carbocycles. The Hall–Kier alpha value is -3.55. The van der Waals surface area contributed by atoms with Crippen LogP contribution >= 0.6 is 0 Å². The van der Waals surface area contributed by atoms with E-state index >= 15 is 0 Å². The van der Waals surface area contributed by atoms with Crippen LogP contribution in [0.3, 0.4) is 0 Å². The molecule has 0 aliphatic rings. The van der Waals surface area contributed by atoms with Gasteiger partial charge >= 0.3 is 5.91 Å². The van der Waals surface area contributed by atoms with E-state index in [9.17, 15) is 18.4 Å². The minimum atomic E-state index is -0.813. The maximum Gasteiger partial charge on any atom is 0.305 e. The Morgan fingerprint density at radius 2 is 1.52 bits per heavy atom. The number of furan rings is 1. The summed E-state index contributed by atoms with van der Waals surface area (Å²) >= 11 is 0. The topological polar surface area (TPSA) is 84.2 Å². The zero-order valence-corrected chi connectivity index (χ0v) is 12.6. The van der Waals surface area contributed by atoms with E-state index in [4.69, 9.17) is 4.42 Å². The summed E-state index contributed by atoms with van der Waals surface area (Å²) in [5, 5.41) is 0. The highest BCUT2D eigenvalue weighted by molar-refractivity contribution is 5.98. The lowest BCUT2D eigenvalue weighted by molar-refractivity contribution is 0.0831. The number of carbonyl (C=O) groups is 2. The fourth-order valence-electron chi connectivity index (χ4n) is 2.08. The van der Waals surface area contributed by atoms with Gasteiger partial charge in [0, 0.05) is 18.0 Å². The molecule has 0 bridgehead atoms. The maximum absolute atomic E-state index is 13.7. The molecule has 0 atom stereocenters. The number of hydrogen-bond donors (Lipinski definition) is 2. The molecule has 0 radical (unpaired) electrons. The number of pyridine rings is 1. The Kier molecular flexibility index (Phi) is 4.51. The summed E-state index contributed by atoms with van der Waals surface area (Å²) in [7, 11) is 0. The van der Waals surface area contributed by atoms with Gasteiger partial charge in [0.25, 0.3) is 5.91 Å². The first-order valence-corrected chi connectivity index (χ1v) is 7.11. The monoisotopic (exact) mass is 343 g/mol. The molecule has 2 aromatic heterocycles. The number of nitrogens with one attached hydrogen (secondary N) is 2. The van der Waals surface area contributed by atoms with Crippen LogP contribution in [0, 0.1) is 11.6 Å². The molecule has 2 heterocycles. The summed E-state index contributed by atoms with van der Waals surface area (Å²) in [4.78, 5) is 27.6. The van der Waals surface area contributed by atoms with Gasteiger partial charge in [-0.3, -0.25) is 25.4 Å². The van der Waals surface area contributed by atoms with E-state index in [0.29, 0.717) is 5.56 Å². The SMILES string of the molecule is O=C(NNC(=O)c1ccc(-c2c(F)cccc2F)o1)c1ccncc1. The number of nitrogens with zero attached hydrogens (tertiary/aromatic N) is 1. The number of carbonyl (C=O) groups excluding carboxylic acids is 2. The summed E-state index contributed by atoms with van der Waals surface area (Å²) < 4.78 is 32.6. The van der Waals surface area contributed by atoms with Crippen LogP contribution in [0.1, 0.15) is 20.9 Å². The highest BCUT2D eigenvalue weighted by atomic mass is 19.1. The standard InChI is InChI=1S/C17H11F2N3O3/c18-11-2-1-3-12(19)15(11)13-4-5-14(25-13)17(24)22-21-16(23)10-6-8-20-9-7-10/h1-9H,(H,21,23)(H,22,24). The molecular weight excluding hydrogens is 332 g/mol. The number of aromatic nitrogens is 1. The van der Waals surface area contributed by atoms with Crippen molar-refractivity contribution in [3.05, 3.63) is 77.8 Å². The molecule has 0 aliphatic heterocycles. The Balaban J connectivity index is 1.70. The van der Waals surface area contributed by atoms with Gasteiger partial charge in [-0.2, -0.15) is 0 Å². The van der Waals surface area contributed by atoms with Crippen LogP contribution in [0.5, 0.6) is 0 Å². The Bertz CT molecular complexity index is 906. The molecule has 0 fully saturated rings. The summed E-state index contributed by atoms with van der Waals surface area (Å²) in [5.41, 5.74) is 4.27. The van der Waals surface area contributed by atoms with Crippen LogP contribution in [0.2, 0.25) is 0 Å². The number of amides is 2. The van der Waals surface area contributed by atoms with Crippen LogP contribution < -0.4 is 10.9 Å². The second-order valence-electron chi connectivity index (χ2n) is 4.90. The van der Waals surface area contributed by atoms with E-state index < -0.39 is 23.4 Å². The lowest BCUT2D eigenvalue weighted by atomic mass is 10.1. The Labute approximate surface area is 140 Å². The van der Waals surface area contributed by atoms with Crippen LogP contribution in [-0.2, 0) is 0 Å². The van der Waals surface area contributed by atoms with Gasteiger partial charge in [-0.25, -0.2) is 8.78 Å². The number of hydrazine groups is 1. The van der Waals surface area contributed by atoms with Gasteiger partial charge in [-0.05, 0) is 36.4 Å². The second kappa shape index (κ2) is 6.91. The van der Waals surface area contributed by atoms with Crippen LogP contribution in [0.15, 0.2) is 59.3 Å². The molecule has 25 heavy (non-hydrogen) atoms. The lowest BCUT2D eigenvalue weighted by Gasteiger charge is -2.05. The van der Waals surface area contributed by atoms with E-state index in [2.05, 4.69) is 15.8 Å². The number of halogens is 2. The van der Waals surface area contributed by atoms with E-state index in [1.807, 2.05) is 0 Å². The molecule has 2 N–H and O–H groups in total. The first-order valence-electron chi connectivity index (χ1n) is 7.11. The third-order valence-electron chi connectivity index (χ3n) is 3.27. The van der Waals surface area contributed by atoms with Crippen LogP contribution in [0.25, 0.3) is 11.3 Å². The predicted octanol–water partition coefficient (Wildman–Crippen LogP) is 2.69. The zero-order valence-electron chi connectivity index (χ0n) is 12.6. The van der Waals surface area contributed by atoms with E-state index in [1.165, 1.54) is 42.7 Å². The lowest BCUT2D eigenvalue weighted by Crippen LogP contribution is -2.41. The largest absolute Gasteiger partial charge is 0.451 e. The number of rotatable bonds is 3. The zero-order chi connectivity index (χ0) is 17.8. The maximum atomic E-state index is 13.7. The first kappa shape index (κ1) is 16.3. The third kappa shape index (κ3) is 3.52. The molecular formula is C17H11F2N3O3. The van der Waals surface area contributed by atoms with Gasteiger partial charge < -0.3 is 4.42 Å². The molecule has 2 amide bonds. The van der Waals surface area contributed by atoms with E-state index in [0.717, 1.165) is 12.1 Å². The predicted molar refractivity (Wildman–Crippen MR) is 83.2 cm³/mol. The van der Waals surface area contributed by atoms with Crippen molar-refractivity contribution in [3.8, 4) is 11.3 Å². The summed E-state index contributed by atoms with van der Waals surface area (Å²) in [6.45, 7) is 0. The Morgan fingerprint density at radius 3 is 2.20 bits per heavy atom. The minimum Gasteiger partial charge on any atom is -0.451 e. The summed E-state index contributed by atoms with van der Waals surface area (Å²) in [6, 6.07) is 8.82. The van der Waals surface area contributed by atoms with Gasteiger partial charge in [-0.15, -0.1) is 0 Å². The molecule has 126 valence electrons. The Morgan fingerprint density at radius 1 is 0.880 bits per heavy atom. The van der Waals surface area contributed by atoms with Gasteiger partial charge in [-0.1, -0.05) is 6.07 Å². The van der Waals surface area contributed by atoms with E-state index in [-0.39, 0.29) is 17.1 Å². The summed E-state index contributed by atoms with van der Waals surface area (Å²) in [5.74, 6) is -3.30. The molecule has 6 nitrogen and oxygen atoms in total. The first-order chi connectivity index (χ1) is 12.1. The molecule has 3 rings (SSSR count). The van der Waals surface area contributed by atoms with Gasteiger partial charge in [0.15, 0.2) is 5.76 Å². The van der Waals surface area contributed by atoms with Crippen LogP contribution in [0.4, 0.5) is 8.78 Å². The van der Waals surface area contributed by atoms with Crippen molar-refractivity contribution in [1.29, 1.82) is 0 Å². The fourth-order valence-corrected chi connectivity index (χ4v) is 2.08. The molecule has 0 unspecified atom stereocenters. The third-order valence-corrected chi connectivity index (χ3v) is 3.27. The number of benzene rings is 1. The van der Waals surface area contributed by atoms with Gasteiger partial charge in [0.1, 0.15) is 17.4 Å². The van der Waals surface area contributed by atoms with Crippen molar-refractivity contribution in [3.63, 3.8) is 0 Å². The fraction of sp³-hybridized carbons (Fsp3) is 0. The molecule has 0 saturated heterocycles. The molecule has 1 aromatic carbocycles. The quantitative estimate of drug-likeness (QED) is 0.716. The average Bonchev–Trinajstić information content (AvgIpc) is 3.10. The number of hydrogen-bond acceptors (Lipinski definition) is 4. The summed E-state index contributed by atoms with van der Waals surface area (Å²) in [6.07, 6.45) is 2.86. The van der Waals surface area contributed by atoms with Crippen LogP contribution in [-0.4, -0.2) is 16.8 Å². The average molecular weight is 343 g/mol. The highest BCUT2D eigenvalue weighted by Crippen LogP contribution is 2.27. The molecule has 3 aromatic rings. The van der Waals surface area contributed by atoms with Gasteiger partial charge in [0.05, 0.1) is 5.56 Å².